The number of nitrogens with one attached hydrogen (secondary N) is 1. The molecule has 0 aliphatic heterocycles. The second kappa shape index (κ2) is 4.90. The van der Waals surface area contributed by atoms with Gasteiger partial charge in [-0.3, -0.25) is 4.90 Å². The van der Waals surface area contributed by atoms with E-state index >= 15 is 0 Å². The summed E-state index contributed by atoms with van der Waals surface area (Å²) in [5, 5.41) is 8.44. The van der Waals surface area contributed by atoms with E-state index in [0.717, 1.165) is 23.3 Å². The van der Waals surface area contributed by atoms with E-state index in [9.17, 15) is 0 Å². The molecule has 1 fully saturated rings. The van der Waals surface area contributed by atoms with Crippen LogP contribution in [0.1, 0.15) is 31.9 Å². The smallest absolute Gasteiger partial charge is 0.134 e. The van der Waals surface area contributed by atoms with Gasteiger partial charge in [0, 0.05) is 31.2 Å². The highest BCUT2D eigenvalue weighted by molar-refractivity contribution is 7.10. The summed E-state index contributed by atoms with van der Waals surface area (Å²) >= 11 is 1.44. The van der Waals surface area contributed by atoms with Crippen molar-refractivity contribution in [2.45, 2.75) is 38.8 Å². The van der Waals surface area contributed by atoms with E-state index in [1.54, 1.807) is 0 Å². The lowest BCUT2D eigenvalue weighted by Gasteiger charge is -2.20. The molecule has 1 N–H and O–H groups in total. The van der Waals surface area contributed by atoms with Crippen molar-refractivity contribution in [3.63, 3.8) is 0 Å². The van der Waals surface area contributed by atoms with Gasteiger partial charge in [-0.2, -0.15) is 0 Å². The van der Waals surface area contributed by atoms with Gasteiger partial charge >= 0.3 is 0 Å². The number of hydrogen-bond acceptors (Lipinski definition) is 5. The fourth-order valence-electron chi connectivity index (χ4n) is 1.81. The minimum Gasteiger partial charge on any atom is -0.377 e. The predicted octanol–water partition coefficient (Wildman–Crippen LogP) is 1.95. The molecule has 4 nitrogen and oxygen atoms in total. The fourth-order valence-corrected chi connectivity index (χ4v) is 2.34. The lowest BCUT2D eigenvalue weighted by molar-refractivity contribution is 0.252. The molecule has 1 aliphatic rings. The SMILES string of the molecule is CCCN(Cc1nnsc1NC)C1CC1. The third-order valence-electron chi connectivity index (χ3n) is 2.71. The Balaban J connectivity index is 1.98. The van der Waals surface area contributed by atoms with Gasteiger partial charge in [0.15, 0.2) is 0 Å². The van der Waals surface area contributed by atoms with Gasteiger partial charge in [0.25, 0.3) is 0 Å². The van der Waals surface area contributed by atoms with Crippen LogP contribution in [0.5, 0.6) is 0 Å². The van der Waals surface area contributed by atoms with Crippen LogP contribution < -0.4 is 5.32 Å². The molecule has 1 saturated carbocycles. The lowest BCUT2D eigenvalue weighted by Crippen LogP contribution is -2.26. The first-order chi connectivity index (χ1) is 7.35. The van der Waals surface area contributed by atoms with Crippen molar-refractivity contribution in [1.82, 2.24) is 14.5 Å². The molecule has 84 valence electrons. The monoisotopic (exact) mass is 226 g/mol. The molecule has 0 bridgehead atoms. The van der Waals surface area contributed by atoms with Gasteiger partial charge in [0.05, 0.1) is 0 Å². The second-order valence-electron chi connectivity index (χ2n) is 4.00. The second-order valence-corrected chi connectivity index (χ2v) is 4.75. The summed E-state index contributed by atoms with van der Waals surface area (Å²) in [6, 6.07) is 0.802. The number of aromatic nitrogens is 2. The van der Waals surface area contributed by atoms with E-state index in [-0.39, 0.29) is 0 Å². The van der Waals surface area contributed by atoms with Crippen molar-refractivity contribution in [1.29, 1.82) is 0 Å². The molecule has 0 atom stereocenters. The third kappa shape index (κ3) is 2.66. The van der Waals surface area contributed by atoms with E-state index in [2.05, 4.69) is 26.7 Å². The minimum absolute atomic E-state index is 0.802. The average molecular weight is 226 g/mol. The Morgan fingerprint density at radius 3 is 2.93 bits per heavy atom. The van der Waals surface area contributed by atoms with Crippen LogP contribution in [0.4, 0.5) is 5.00 Å². The maximum atomic E-state index is 4.18. The molecule has 0 radical (unpaired) electrons. The maximum Gasteiger partial charge on any atom is 0.134 e. The molecule has 0 saturated heterocycles. The highest BCUT2D eigenvalue weighted by Gasteiger charge is 2.29. The van der Waals surface area contributed by atoms with Crippen LogP contribution in [0.3, 0.4) is 0 Å². The molecule has 1 aromatic rings. The molecule has 0 aromatic carbocycles. The van der Waals surface area contributed by atoms with E-state index in [1.165, 1.54) is 37.3 Å². The summed E-state index contributed by atoms with van der Waals surface area (Å²) < 4.78 is 3.99. The Labute approximate surface area is 94.8 Å². The van der Waals surface area contributed by atoms with Crippen molar-refractivity contribution in [3.8, 4) is 0 Å². The molecule has 1 aromatic heterocycles. The molecule has 0 unspecified atom stereocenters. The van der Waals surface area contributed by atoms with Gasteiger partial charge in [0.1, 0.15) is 10.7 Å². The Kier molecular flexibility index (Phi) is 3.53. The lowest BCUT2D eigenvalue weighted by atomic mass is 10.3. The zero-order valence-electron chi connectivity index (χ0n) is 9.36. The van der Waals surface area contributed by atoms with E-state index in [1.807, 2.05) is 7.05 Å². The first-order valence-electron chi connectivity index (χ1n) is 5.58. The Morgan fingerprint density at radius 1 is 1.53 bits per heavy atom. The summed E-state index contributed by atoms with van der Waals surface area (Å²) in [6.45, 7) is 4.35. The average Bonchev–Trinajstić information content (AvgIpc) is 2.99. The summed E-state index contributed by atoms with van der Waals surface area (Å²) in [5.41, 5.74) is 1.10. The quantitative estimate of drug-likeness (QED) is 0.805. The highest BCUT2D eigenvalue weighted by Crippen LogP contribution is 2.29. The number of rotatable bonds is 6. The fraction of sp³-hybridized carbons (Fsp3) is 0.800. The number of hydrogen-bond donors (Lipinski definition) is 1. The van der Waals surface area contributed by atoms with Crippen molar-refractivity contribution in [2.75, 3.05) is 18.9 Å². The third-order valence-corrected chi connectivity index (χ3v) is 3.50. The predicted molar refractivity (Wildman–Crippen MR) is 63.2 cm³/mol. The Hall–Kier alpha value is -0.680. The molecule has 0 amide bonds. The van der Waals surface area contributed by atoms with Crippen molar-refractivity contribution < 1.29 is 0 Å². The Bertz CT molecular complexity index is 308. The molecular weight excluding hydrogens is 208 g/mol. The summed E-state index contributed by atoms with van der Waals surface area (Å²) in [5.74, 6) is 0. The summed E-state index contributed by atoms with van der Waals surface area (Å²) in [7, 11) is 1.93. The van der Waals surface area contributed by atoms with Gasteiger partial charge in [-0.25, -0.2) is 0 Å². The van der Waals surface area contributed by atoms with Gasteiger partial charge in [-0.05, 0) is 25.8 Å². The zero-order valence-corrected chi connectivity index (χ0v) is 10.2. The molecule has 2 rings (SSSR count). The molecular formula is C10H18N4S. The normalized spacial score (nSPS) is 15.9. The Morgan fingerprint density at radius 2 is 2.33 bits per heavy atom. The van der Waals surface area contributed by atoms with Crippen LogP contribution in [-0.4, -0.2) is 34.1 Å². The molecule has 1 heterocycles. The zero-order chi connectivity index (χ0) is 10.7. The standard InChI is InChI=1S/C10H18N4S/c1-3-6-14(8-4-5-8)7-9-10(11-2)15-13-12-9/h8,11H,3-7H2,1-2H3. The maximum absolute atomic E-state index is 4.18. The van der Waals surface area contributed by atoms with Crippen LogP contribution in [0.25, 0.3) is 0 Å². The summed E-state index contributed by atoms with van der Waals surface area (Å²) in [6.07, 6.45) is 3.92. The van der Waals surface area contributed by atoms with Gasteiger partial charge in [0.2, 0.25) is 0 Å². The first-order valence-corrected chi connectivity index (χ1v) is 6.35. The first kappa shape index (κ1) is 10.8. The van der Waals surface area contributed by atoms with Gasteiger partial charge in [-0.15, -0.1) is 5.10 Å². The van der Waals surface area contributed by atoms with Crippen LogP contribution in [-0.2, 0) is 6.54 Å². The van der Waals surface area contributed by atoms with Crippen molar-refractivity contribution in [3.05, 3.63) is 5.69 Å². The number of anilines is 1. The van der Waals surface area contributed by atoms with Crippen LogP contribution in [0.15, 0.2) is 0 Å². The van der Waals surface area contributed by atoms with E-state index < -0.39 is 0 Å². The molecule has 15 heavy (non-hydrogen) atoms. The summed E-state index contributed by atoms with van der Waals surface area (Å²) in [4.78, 5) is 2.53. The topological polar surface area (TPSA) is 41.1 Å². The van der Waals surface area contributed by atoms with Crippen LogP contribution in [0.2, 0.25) is 0 Å². The van der Waals surface area contributed by atoms with Crippen molar-refractivity contribution in [2.24, 2.45) is 0 Å². The van der Waals surface area contributed by atoms with Crippen LogP contribution >= 0.6 is 11.5 Å². The molecule has 0 spiro atoms. The largest absolute Gasteiger partial charge is 0.377 e. The van der Waals surface area contributed by atoms with E-state index in [4.69, 9.17) is 0 Å². The molecule has 5 heteroatoms. The van der Waals surface area contributed by atoms with Gasteiger partial charge in [-0.1, -0.05) is 11.4 Å². The molecule has 1 aliphatic carbocycles. The van der Waals surface area contributed by atoms with Gasteiger partial charge < -0.3 is 5.32 Å². The van der Waals surface area contributed by atoms with Crippen molar-refractivity contribution >= 4 is 16.5 Å². The minimum atomic E-state index is 0.802. The number of nitrogens with zero attached hydrogens (tertiary/aromatic N) is 3. The highest BCUT2D eigenvalue weighted by atomic mass is 32.1. The van der Waals surface area contributed by atoms with Crippen LogP contribution in [0, 0.1) is 0 Å². The van der Waals surface area contributed by atoms with E-state index in [0.29, 0.717) is 0 Å².